The Morgan fingerprint density at radius 1 is 1.16 bits per heavy atom. The van der Waals surface area contributed by atoms with Gasteiger partial charge in [-0.05, 0) is 50.2 Å². The van der Waals surface area contributed by atoms with E-state index in [2.05, 4.69) is 27.8 Å². The van der Waals surface area contributed by atoms with Gasteiger partial charge in [0.25, 0.3) is 0 Å². The van der Waals surface area contributed by atoms with Crippen molar-refractivity contribution in [1.29, 1.82) is 0 Å². The molecule has 0 aromatic heterocycles. The van der Waals surface area contributed by atoms with Gasteiger partial charge in [-0.15, -0.1) is 0 Å². The predicted molar refractivity (Wildman–Crippen MR) is 139 cm³/mol. The molecule has 3 N–H and O–H groups in total. The smallest absolute Gasteiger partial charge is 0.405 e. The van der Waals surface area contributed by atoms with Gasteiger partial charge in [-0.2, -0.15) is 13.2 Å². The summed E-state index contributed by atoms with van der Waals surface area (Å²) in [6.45, 7) is 0.900. The van der Waals surface area contributed by atoms with Gasteiger partial charge in [-0.1, -0.05) is 17.9 Å². The standard InChI is InChI=1S/C26H31F3N4O3S/c1-36-25-16-20(37(2,34)35)8-9-23(25)31-12-4-5-19-15-21-22(32-18-10-13-30-14-11-18)6-3-7-24(21)33(19)17-26(27,28)29/h3,6-9,16,18-19,30-32H,10-15,17H2,1-2H3. The molecule has 11 heteroatoms. The molecule has 0 saturated carbocycles. The predicted octanol–water partition coefficient (Wildman–Crippen LogP) is 3.67. The second-order valence-corrected chi connectivity index (χ2v) is 11.3. The third kappa shape index (κ3) is 6.81. The van der Waals surface area contributed by atoms with E-state index in [0.717, 1.165) is 43.4 Å². The second kappa shape index (κ2) is 11.1. The molecule has 1 atom stereocenters. The van der Waals surface area contributed by atoms with Crippen molar-refractivity contribution in [3.63, 3.8) is 0 Å². The fraction of sp³-hybridized carbons (Fsp3) is 0.462. The van der Waals surface area contributed by atoms with E-state index in [1.807, 2.05) is 6.07 Å². The number of nitrogens with one attached hydrogen (secondary N) is 3. The van der Waals surface area contributed by atoms with Gasteiger partial charge in [-0.25, -0.2) is 8.42 Å². The maximum absolute atomic E-state index is 13.5. The molecule has 1 fully saturated rings. The number of alkyl halides is 3. The number of benzene rings is 2. The Balaban J connectivity index is 1.51. The number of hydrogen-bond acceptors (Lipinski definition) is 7. The van der Waals surface area contributed by atoms with Crippen molar-refractivity contribution in [2.45, 2.75) is 42.4 Å². The third-order valence-corrected chi connectivity index (χ3v) is 7.63. The maximum atomic E-state index is 13.5. The van der Waals surface area contributed by atoms with Gasteiger partial charge >= 0.3 is 6.18 Å². The SMILES string of the molecule is COc1cc(S(C)(=O)=O)ccc1NCC#CC1Cc2c(NC3CCNCC3)cccc2N1CC(F)(F)F. The second-order valence-electron chi connectivity index (χ2n) is 9.24. The Labute approximate surface area is 215 Å². The number of sulfone groups is 1. The minimum absolute atomic E-state index is 0.126. The fourth-order valence-electron chi connectivity index (χ4n) is 4.73. The zero-order valence-electron chi connectivity index (χ0n) is 20.8. The van der Waals surface area contributed by atoms with E-state index in [0.29, 0.717) is 23.5 Å². The maximum Gasteiger partial charge on any atom is 0.405 e. The molecule has 7 nitrogen and oxygen atoms in total. The van der Waals surface area contributed by atoms with Crippen LogP contribution < -0.4 is 25.6 Å². The van der Waals surface area contributed by atoms with E-state index in [9.17, 15) is 21.6 Å². The Bertz CT molecular complexity index is 1280. The number of piperidine rings is 1. The zero-order valence-corrected chi connectivity index (χ0v) is 21.6. The Kier molecular flexibility index (Phi) is 8.09. The number of halogens is 3. The molecule has 0 spiro atoms. The summed E-state index contributed by atoms with van der Waals surface area (Å²) >= 11 is 0. The summed E-state index contributed by atoms with van der Waals surface area (Å²) in [5.74, 6) is 6.30. The lowest BCUT2D eigenvalue weighted by molar-refractivity contribution is -0.120. The highest BCUT2D eigenvalue weighted by Gasteiger charge is 2.38. The summed E-state index contributed by atoms with van der Waals surface area (Å²) in [7, 11) is -1.96. The van der Waals surface area contributed by atoms with Crippen molar-refractivity contribution in [3.05, 3.63) is 42.0 Å². The van der Waals surface area contributed by atoms with Crippen LogP contribution >= 0.6 is 0 Å². The molecular formula is C26H31F3N4O3S. The Hall–Kier alpha value is -3.10. The number of hydrogen-bond donors (Lipinski definition) is 3. The minimum atomic E-state index is -4.37. The number of methoxy groups -OCH3 is 1. The lowest BCUT2D eigenvalue weighted by atomic mass is 10.0. The van der Waals surface area contributed by atoms with Crippen LogP contribution in [0.5, 0.6) is 5.75 Å². The summed E-state index contributed by atoms with van der Waals surface area (Å²) < 4.78 is 69.3. The molecule has 37 heavy (non-hydrogen) atoms. The highest BCUT2D eigenvalue weighted by Crippen LogP contribution is 2.39. The Morgan fingerprint density at radius 2 is 1.92 bits per heavy atom. The molecule has 4 rings (SSSR count). The topological polar surface area (TPSA) is 82.7 Å². The molecule has 2 aliphatic rings. The van der Waals surface area contributed by atoms with Gasteiger partial charge < -0.3 is 25.6 Å². The first-order valence-electron chi connectivity index (χ1n) is 12.1. The first kappa shape index (κ1) is 26.9. The first-order valence-corrected chi connectivity index (χ1v) is 14.0. The van der Waals surface area contributed by atoms with Gasteiger partial charge in [0.15, 0.2) is 9.84 Å². The van der Waals surface area contributed by atoms with Crippen LogP contribution in [0.1, 0.15) is 18.4 Å². The third-order valence-electron chi connectivity index (χ3n) is 6.52. The van der Waals surface area contributed by atoms with Crippen LogP contribution in [0.15, 0.2) is 41.3 Å². The molecular weight excluding hydrogens is 505 g/mol. The van der Waals surface area contributed by atoms with Gasteiger partial charge in [0.2, 0.25) is 0 Å². The molecule has 2 aromatic carbocycles. The number of anilines is 3. The molecule has 1 saturated heterocycles. The van der Waals surface area contributed by atoms with Crippen LogP contribution in [0.2, 0.25) is 0 Å². The van der Waals surface area contributed by atoms with E-state index in [-0.39, 0.29) is 17.5 Å². The van der Waals surface area contributed by atoms with Crippen LogP contribution in [0.3, 0.4) is 0 Å². The molecule has 2 aliphatic heterocycles. The molecule has 2 heterocycles. The van der Waals surface area contributed by atoms with E-state index in [4.69, 9.17) is 4.74 Å². The highest BCUT2D eigenvalue weighted by atomic mass is 32.2. The monoisotopic (exact) mass is 536 g/mol. The summed E-state index contributed by atoms with van der Waals surface area (Å²) in [6, 6.07) is 9.56. The lowest BCUT2D eigenvalue weighted by Crippen LogP contribution is -2.39. The van der Waals surface area contributed by atoms with E-state index < -0.39 is 28.6 Å². The summed E-state index contributed by atoms with van der Waals surface area (Å²) in [5.41, 5.74) is 2.83. The van der Waals surface area contributed by atoms with Crippen LogP contribution in [-0.4, -0.2) is 66.2 Å². The quantitative estimate of drug-likeness (QED) is 0.466. The fourth-order valence-corrected chi connectivity index (χ4v) is 5.36. The molecule has 0 aliphatic carbocycles. The van der Waals surface area contributed by atoms with E-state index >= 15 is 0 Å². The first-order chi connectivity index (χ1) is 17.5. The van der Waals surface area contributed by atoms with Gasteiger partial charge in [0.1, 0.15) is 12.3 Å². The molecule has 1 unspecified atom stereocenters. The average molecular weight is 537 g/mol. The van der Waals surface area contributed by atoms with E-state index in [1.165, 1.54) is 24.1 Å². The van der Waals surface area contributed by atoms with Crippen LogP contribution in [0.25, 0.3) is 0 Å². The van der Waals surface area contributed by atoms with Crippen molar-refractivity contribution in [3.8, 4) is 17.6 Å². The number of nitrogens with zero attached hydrogens (tertiary/aromatic N) is 1. The lowest BCUT2D eigenvalue weighted by Gasteiger charge is -2.27. The minimum Gasteiger partial charge on any atom is -0.495 e. The van der Waals surface area contributed by atoms with Crippen molar-refractivity contribution in [1.82, 2.24) is 5.32 Å². The number of ether oxygens (including phenoxy) is 1. The van der Waals surface area contributed by atoms with Crippen molar-refractivity contribution < 1.29 is 26.3 Å². The summed E-state index contributed by atoms with van der Waals surface area (Å²) in [4.78, 5) is 1.46. The number of rotatable bonds is 7. The van der Waals surface area contributed by atoms with Crippen molar-refractivity contribution >= 4 is 26.9 Å². The van der Waals surface area contributed by atoms with Gasteiger partial charge in [0.05, 0.1) is 30.3 Å². The molecule has 0 radical (unpaired) electrons. The zero-order chi connectivity index (χ0) is 26.6. The average Bonchev–Trinajstić information content (AvgIpc) is 3.18. The molecule has 200 valence electrons. The van der Waals surface area contributed by atoms with Crippen LogP contribution in [-0.2, 0) is 16.3 Å². The van der Waals surface area contributed by atoms with Crippen molar-refractivity contribution in [2.75, 3.05) is 55.1 Å². The van der Waals surface area contributed by atoms with Gasteiger partial charge in [0, 0.05) is 41.7 Å². The van der Waals surface area contributed by atoms with Crippen LogP contribution in [0, 0.1) is 11.8 Å². The summed E-state index contributed by atoms with van der Waals surface area (Å²) in [6.07, 6.45) is -0.954. The highest BCUT2D eigenvalue weighted by molar-refractivity contribution is 7.90. The molecule has 0 bridgehead atoms. The number of fused-ring (bicyclic) bond motifs is 1. The Morgan fingerprint density at radius 3 is 2.59 bits per heavy atom. The van der Waals surface area contributed by atoms with E-state index in [1.54, 1.807) is 18.2 Å². The van der Waals surface area contributed by atoms with Crippen molar-refractivity contribution in [2.24, 2.45) is 0 Å². The van der Waals surface area contributed by atoms with Gasteiger partial charge in [-0.3, -0.25) is 0 Å². The molecule has 2 aromatic rings. The normalized spacial score (nSPS) is 18.1. The van der Waals surface area contributed by atoms with Crippen LogP contribution in [0.4, 0.5) is 30.2 Å². The largest absolute Gasteiger partial charge is 0.495 e. The molecule has 0 amide bonds. The summed E-state index contributed by atoms with van der Waals surface area (Å²) in [5, 5.41) is 9.92.